The van der Waals surface area contributed by atoms with Gasteiger partial charge in [-0.05, 0) is 49.9 Å². The van der Waals surface area contributed by atoms with Crippen molar-refractivity contribution in [3.63, 3.8) is 0 Å². The summed E-state index contributed by atoms with van der Waals surface area (Å²) in [6, 6.07) is 13.2. The standard InChI is InChI=1S/C22H22F2N6S2/c1-14-27-28-21(31-14)30-22(12-6-5-9-19(25)26,15-7-3-2-4-8-15)32-20(29-30)17-13-16(23)10-11-18(17)24/h2-4,7-8,10-11,13H,5-6,9,12H2,1H3,(H3,25,26). The Labute approximate surface area is 193 Å². The number of halogens is 2. The predicted molar refractivity (Wildman–Crippen MR) is 126 cm³/mol. The molecule has 1 aliphatic rings. The van der Waals surface area contributed by atoms with Gasteiger partial charge in [-0.2, -0.15) is 5.10 Å². The first-order chi connectivity index (χ1) is 15.4. The fourth-order valence-corrected chi connectivity index (χ4v) is 5.79. The van der Waals surface area contributed by atoms with Gasteiger partial charge in [0.1, 0.15) is 26.6 Å². The van der Waals surface area contributed by atoms with Crippen molar-refractivity contribution in [3.8, 4) is 0 Å². The van der Waals surface area contributed by atoms with Crippen LogP contribution in [-0.4, -0.2) is 21.1 Å². The molecule has 10 heteroatoms. The number of hydrogen-bond donors (Lipinski definition) is 2. The summed E-state index contributed by atoms with van der Waals surface area (Å²) in [6.45, 7) is 1.86. The second-order valence-electron chi connectivity index (χ2n) is 7.43. The number of unbranched alkanes of at least 4 members (excludes halogenated alkanes) is 1. The van der Waals surface area contributed by atoms with E-state index in [1.807, 2.05) is 37.3 Å². The highest BCUT2D eigenvalue weighted by Crippen LogP contribution is 2.52. The van der Waals surface area contributed by atoms with Crippen LogP contribution < -0.4 is 10.7 Å². The maximum absolute atomic E-state index is 14.7. The molecule has 0 fully saturated rings. The van der Waals surface area contributed by atoms with E-state index in [9.17, 15) is 8.78 Å². The van der Waals surface area contributed by atoms with Gasteiger partial charge in [0, 0.05) is 12.0 Å². The van der Waals surface area contributed by atoms with Crippen molar-refractivity contribution in [1.29, 1.82) is 5.41 Å². The Hall–Kier alpha value is -2.85. The van der Waals surface area contributed by atoms with Gasteiger partial charge in [0.05, 0.1) is 5.84 Å². The molecule has 3 aromatic rings. The number of nitrogens with two attached hydrogens (primary N) is 1. The molecule has 0 saturated carbocycles. The third-order valence-electron chi connectivity index (χ3n) is 5.09. The summed E-state index contributed by atoms with van der Waals surface area (Å²) in [7, 11) is 0. The summed E-state index contributed by atoms with van der Waals surface area (Å²) < 4.78 is 28.6. The normalized spacial score (nSPS) is 18.1. The van der Waals surface area contributed by atoms with Gasteiger partial charge >= 0.3 is 0 Å². The Bertz CT molecular complexity index is 1150. The number of nitrogens with one attached hydrogen (secondary N) is 1. The molecule has 1 aliphatic heterocycles. The highest BCUT2D eigenvalue weighted by Gasteiger charge is 2.47. The summed E-state index contributed by atoms with van der Waals surface area (Å²) in [5.74, 6) is -0.915. The van der Waals surface area contributed by atoms with E-state index in [0.717, 1.165) is 35.5 Å². The molecular formula is C22H22F2N6S2. The van der Waals surface area contributed by atoms with Gasteiger partial charge in [0.15, 0.2) is 0 Å². The molecule has 0 spiro atoms. The molecule has 1 aromatic heterocycles. The van der Waals surface area contributed by atoms with E-state index in [0.29, 0.717) is 23.0 Å². The Morgan fingerprint density at radius 1 is 1.12 bits per heavy atom. The van der Waals surface area contributed by atoms with Crippen molar-refractivity contribution in [2.75, 3.05) is 5.01 Å². The van der Waals surface area contributed by atoms with Crippen molar-refractivity contribution >= 4 is 39.1 Å². The number of hydrogen-bond acceptors (Lipinski definition) is 7. The Morgan fingerprint density at radius 2 is 1.91 bits per heavy atom. The van der Waals surface area contributed by atoms with Crippen molar-refractivity contribution in [3.05, 3.63) is 76.3 Å². The zero-order valence-electron chi connectivity index (χ0n) is 17.4. The average molecular weight is 473 g/mol. The molecule has 0 radical (unpaired) electrons. The molecule has 1 atom stereocenters. The van der Waals surface area contributed by atoms with Crippen molar-refractivity contribution in [2.24, 2.45) is 10.8 Å². The minimum atomic E-state index is -0.724. The quantitative estimate of drug-likeness (QED) is 0.261. The molecule has 0 aliphatic carbocycles. The smallest absolute Gasteiger partial charge is 0.230 e. The second-order valence-corrected chi connectivity index (χ2v) is 9.86. The van der Waals surface area contributed by atoms with Crippen LogP contribution in [-0.2, 0) is 4.87 Å². The van der Waals surface area contributed by atoms with Crippen LogP contribution in [0.3, 0.4) is 0 Å². The Kier molecular flexibility index (Phi) is 6.52. The summed E-state index contributed by atoms with van der Waals surface area (Å²) in [4.78, 5) is -0.724. The fourth-order valence-electron chi connectivity index (χ4n) is 3.60. The average Bonchev–Trinajstić information content (AvgIpc) is 3.38. The lowest BCUT2D eigenvalue weighted by atomic mass is 9.99. The Balaban J connectivity index is 1.80. The van der Waals surface area contributed by atoms with Gasteiger partial charge in [0.25, 0.3) is 0 Å². The topological polar surface area (TPSA) is 91.2 Å². The van der Waals surface area contributed by atoms with Crippen molar-refractivity contribution in [2.45, 2.75) is 37.5 Å². The van der Waals surface area contributed by atoms with Gasteiger partial charge < -0.3 is 5.73 Å². The fraction of sp³-hybridized carbons (Fsp3) is 0.273. The molecule has 0 bridgehead atoms. The van der Waals surface area contributed by atoms with E-state index >= 15 is 0 Å². The largest absolute Gasteiger partial charge is 0.388 e. The van der Waals surface area contributed by atoms with Crippen LogP contribution in [0.25, 0.3) is 0 Å². The van der Waals surface area contributed by atoms with Crippen LogP contribution in [0.15, 0.2) is 53.6 Å². The molecule has 3 N–H and O–H groups in total. The molecule has 4 rings (SSSR count). The molecule has 166 valence electrons. The summed E-state index contributed by atoms with van der Waals surface area (Å²) in [5, 5.41) is 24.2. The predicted octanol–water partition coefficient (Wildman–Crippen LogP) is 5.39. The monoisotopic (exact) mass is 472 g/mol. The molecule has 6 nitrogen and oxygen atoms in total. The minimum Gasteiger partial charge on any atom is -0.388 e. The van der Waals surface area contributed by atoms with E-state index < -0.39 is 16.5 Å². The SMILES string of the molecule is Cc1nnc(N2N=C(c3cc(F)ccc3F)SC2(CCCCC(=N)N)c2ccccc2)s1. The molecule has 0 saturated heterocycles. The molecule has 32 heavy (non-hydrogen) atoms. The number of aryl methyl sites for hydroxylation is 1. The van der Waals surface area contributed by atoms with Crippen LogP contribution in [0, 0.1) is 24.0 Å². The van der Waals surface area contributed by atoms with Crippen LogP contribution in [0.1, 0.15) is 41.8 Å². The highest BCUT2D eigenvalue weighted by molar-refractivity contribution is 8.15. The summed E-state index contributed by atoms with van der Waals surface area (Å²) in [5.41, 5.74) is 6.61. The van der Waals surface area contributed by atoms with Crippen LogP contribution in [0.2, 0.25) is 0 Å². The third kappa shape index (κ3) is 4.51. The van der Waals surface area contributed by atoms with Gasteiger partial charge in [-0.1, -0.05) is 53.4 Å². The lowest BCUT2D eigenvalue weighted by molar-refractivity contribution is 0.512. The molecule has 2 aromatic carbocycles. The van der Waals surface area contributed by atoms with E-state index in [1.54, 1.807) is 5.01 Å². The van der Waals surface area contributed by atoms with Gasteiger partial charge in [-0.3, -0.25) is 5.41 Å². The Morgan fingerprint density at radius 3 is 2.59 bits per heavy atom. The number of rotatable bonds is 8. The zero-order chi connectivity index (χ0) is 22.7. The maximum Gasteiger partial charge on any atom is 0.230 e. The molecule has 0 amide bonds. The van der Waals surface area contributed by atoms with E-state index in [-0.39, 0.29) is 11.4 Å². The molecule has 1 unspecified atom stereocenters. The zero-order valence-corrected chi connectivity index (χ0v) is 19.0. The van der Waals surface area contributed by atoms with E-state index in [2.05, 4.69) is 10.2 Å². The van der Waals surface area contributed by atoms with Gasteiger partial charge in [-0.15, -0.1) is 10.2 Å². The van der Waals surface area contributed by atoms with Crippen molar-refractivity contribution in [1.82, 2.24) is 10.2 Å². The number of nitrogens with zero attached hydrogens (tertiary/aromatic N) is 4. The number of amidine groups is 1. The third-order valence-corrected chi connectivity index (χ3v) is 7.35. The number of anilines is 1. The first kappa shape index (κ1) is 22.3. The van der Waals surface area contributed by atoms with Gasteiger partial charge in [0.2, 0.25) is 5.13 Å². The van der Waals surface area contributed by atoms with E-state index in [1.165, 1.54) is 29.2 Å². The lowest BCUT2D eigenvalue weighted by Crippen LogP contribution is -2.37. The van der Waals surface area contributed by atoms with Gasteiger partial charge in [-0.25, -0.2) is 13.8 Å². The molecule has 2 heterocycles. The summed E-state index contributed by atoms with van der Waals surface area (Å²) >= 11 is 2.77. The van der Waals surface area contributed by atoms with Crippen LogP contribution >= 0.6 is 23.1 Å². The minimum absolute atomic E-state index is 0.114. The number of aromatic nitrogens is 2. The first-order valence-electron chi connectivity index (χ1n) is 10.1. The molecular weight excluding hydrogens is 450 g/mol. The highest BCUT2D eigenvalue weighted by atomic mass is 32.2. The number of hydrazone groups is 1. The second kappa shape index (κ2) is 9.33. The van der Waals surface area contributed by atoms with Crippen LogP contribution in [0.4, 0.5) is 13.9 Å². The maximum atomic E-state index is 14.7. The number of benzene rings is 2. The van der Waals surface area contributed by atoms with Crippen LogP contribution in [0.5, 0.6) is 0 Å². The first-order valence-corrected chi connectivity index (χ1v) is 11.7. The summed E-state index contributed by atoms with van der Waals surface area (Å²) in [6.07, 6.45) is 2.62. The lowest BCUT2D eigenvalue weighted by Gasteiger charge is -2.35. The number of thioether (sulfide) groups is 1. The van der Waals surface area contributed by atoms with E-state index in [4.69, 9.17) is 16.2 Å². The van der Waals surface area contributed by atoms with Crippen molar-refractivity contribution < 1.29 is 8.78 Å².